The number of hydrogen-bond donors (Lipinski definition) is 1. The summed E-state index contributed by atoms with van der Waals surface area (Å²) in [5.41, 5.74) is 2.52. The van der Waals surface area contributed by atoms with Crippen LogP contribution in [0, 0.1) is 6.92 Å². The molecule has 1 aromatic heterocycles. The number of hydrogen-bond acceptors (Lipinski definition) is 3. The molecule has 0 amide bonds. The second kappa shape index (κ2) is 6.14. The summed E-state index contributed by atoms with van der Waals surface area (Å²) in [6.07, 6.45) is 4.86. The first kappa shape index (κ1) is 13.3. The van der Waals surface area contributed by atoms with E-state index in [-0.39, 0.29) is 0 Å². The number of aryl methyl sites for hydroxylation is 1. The highest BCUT2D eigenvalue weighted by Gasteiger charge is 2.20. The van der Waals surface area contributed by atoms with E-state index in [0.29, 0.717) is 6.04 Å². The van der Waals surface area contributed by atoms with Gasteiger partial charge in [0.1, 0.15) is 11.5 Å². The van der Waals surface area contributed by atoms with Gasteiger partial charge in [0.05, 0.1) is 12.9 Å². The Morgan fingerprint density at radius 3 is 3.05 bits per heavy atom. The van der Waals surface area contributed by atoms with E-state index in [2.05, 4.69) is 30.4 Å². The van der Waals surface area contributed by atoms with Crippen molar-refractivity contribution in [2.45, 2.75) is 32.2 Å². The fourth-order valence-corrected chi connectivity index (χ4v) is 2.80. The molecule has 1 aliphatic heterocycles. The predicted molar refractivity (Wildman–Crippen MR) is 79.1 cm³/mol. The van der Waals surface area contributed by atoms with Gasteiger partial charge < -0.3 is 14.5 Å². The van der Waals surface area contributed by atoms with Crippen LogP contribution in [0.4, 0.5) is 0 Å². The molecule has 2 aromatic rings. The highest BCUT2D eigenvalue weighted by atomic mass is 16.5. The van der Waals surface area contributed by atoms with E-state index in [1.54, 1.807) is 6.26 Å². The van der Waals surface area contributed by atoms with Gasteiger partial charge in [-0.1, -0.05) is 18.2 Å². The number of rotatable bonds is 4. The summed E-state index contributed by atoms with van der Waals surface area (Å²) in [5.74, 6) is 2.10. The summed E-state index contributed by atoms with van der Waals surface area (Å²) < 4.78 is 11.3. The van der Waals surface area contributed by atoms with E-state index >= 15 is 0 Å². The molecular formula is C17H21NO2. The third kappa shape index (κ3) is 2.88. The molecule has 0 spiro atoms. The fourth-order valence-electron chi connectivity index (χ4n) is 2.80. The van der Waals surface area contributed by atoms with Crippen molar-refractivity contribution in [1.82, 2.24) is 5.32 Å². The Kier molecular flexibility index (Phi) is 4.07. The minimum absolute atomic E-state index is 0.377. The molecule has 0 saturated carbocycles. The van der Waals surface area contributed by atoms with Gasteiger partial charge in [0, 0.05) is 24.6 Å². The monoisotopic (exact) mass is 271 g/mol. The van der Waals surface area contributed by atoms with Crippen LogP contribution in [0.1, 0.15) is 35.8 Å². The van der Waals surface area contributed by atoms with Crippen LogP contribution in [0.25, 0.3) is 0 Å². The lowest BCUT2D eigenvalue weighted by Gasteiger charge is -2.19. The van der Waals surface area contributed by atoms with Gasteiger partial charge in [-0.2, -0.15) is 0 Å². The molecule has 0 aliphatic carbocycles. The Balaban J connectivity index is 1.68. The fraction of sp³-hybridized carbons (Fsp3) is 0.412. The van der Waals surface area contributed by atoms with Crippen LogP contribution in [0.15, 0.2) is 41.0 Å². The normalized spacial score (nSPS) is 18.1. The molecule has 2 heterocycles. The molecule has 3 heteroatoms. The molecule has 0 fully saturated rings. The van der Waals surface area contributed by atoms with Crippen molar-refractivity contribution in [3.63, 3.8) is 0 Å². The molecule has 1 aliphatic rings. The Morgan fingerprint density at radius 1 is 1.25 bits per heavy atom. The largest absolute Gasteiger partial charge is 0.493 e. The van der Waals surface area contributed by atoms with Gasteiger partial charge in [-0.3, -0.25) is 0 Å². The zero-order valence-corrected chi connectivity index (χ0v) is 11.9. The number of para-hydroxylation sites is 1. The summed E-state index contributed by atoms with van der Waals surface area (Å²) in [6.45, 7) is 3.85. The first-order valence-corrected chi connectivity index (χ1v) is 7.32. The molecule has 3 nitrogen and oxygen atoms in total. The van der Waals surface area contributed by atoms with Crippen LogP contribution in [0.5, 0.6) is 5.75 Å². The topological polar surface area (TPSA) is 34.4 Å². The summed E-state index contributed by atoms with van der Waals surface area (Å²) in [4.78, 5) is 0. The number of nitrogens with one attached hydrogen (secondary N) is 1. The van der Waals surface area contributed by atoms with Crippen LogP contribution < -0.4 is 10.1 Å². The lowest BCUT2D eigenvalue weighted by Crippen LogP contribution is -2.23. The summed E-state index contributed by atoms with van der Waals surface area (Å²) in [7, 11) is 0. The highest BCUT2D eigenvalue weighted by molar-refractivity contribution is 5.43. The van der Waals surface area contributed by atoms with Gasteiger partial charge in [-0.15, -0.1) is 0 Å². The van der Waals surface area contributed by atoms with Crippen LogP contribution in [0.3, 0.4) is 0 Å². The van der Waals surface area contributed by atoms with Gasteiger partial charge in [-0.05, 0) is 37.5 Å². The molecular weight excluding hydrogens is 250 g/mol. The van der Waals surface area contributed by atoms with Crippen LogP contribution in [-0.2, 0) is 6.42 Å². The molecule has 20 heavy (non-hydrogen) atoms. The first-order valence-electron chi connectivity index (χ1n) is 7.32. The molecule has 3 rings (SSSR count). The zero-order chi connectivity index (χ0) is 13.8. The second-order valence-corrected chi connectivity index (χ2v) is 5.32. The molecule has 0 bridgehead atoms. The first-order chi connectivity index (χ1) is 9.84. The summed E-state index contributed by atoms with van der Waals surface area (Å²) >= 11 is 0. The SMILES string of the molecule is Cc1cccc2c1OCCCC2NCCc1ccco1. The molecule has 1 atom stereocenters. The Labute approximate surface area is 119 Å². The smallest absolute Gasteiger partial charge is 0.126 e. The number of furan rings is 1. The Hall–Kier alpha value is -1.74. The lowest BCUT2D eigenvalue weighted by atomic mass is 10.00. The zero-order valence-electron chi connectivity index (χ0n) is 11.9. The van der Waals surface area contributed by atoms with Crippen LogP contribution >= 0.6 is 0 Å². The van der Waals surface area contributed by atoms with E-state index in [1.165, 1.54) is 11.1 Å². The van der Waals surface area contributed by atoms with E-state index < -0.39 is 0 Å². The average molecular weight is 271 g/mol. The number of fused-ring (bicyclic) bond motifs is 1. The molecule has 1 N–H and O–H groups in total. The third-order valence-electron chi connectivity index (χ3n) is 3.84. The maximum Gasteiger partial charge on any atom is 0.126 e. The standard InChI is InChI=1S/C17H21NO2/c1-13-5-2-7-15-16(8-4-12-20-17(13)15)18-10-9-14-6-3-11-19-14/h2-3,5-7,11,16,18H,4,8-10,12H2,1H3. The average Bonchev–Trinajstić information content (AvgIpc) is 2.87. The van der Waals surface area contributed by atoms with E-state index in [9.17, 15) is 0 Å². The van der Waals surface area contributed by atoms with Gasteiger partial charge in [0.15, 0.2) is 0 Å². The molecule has 1 aromatic carbocycles. The summed E-state index contributed by atoms with van der Waals surface area (Å²) in [5, 5.41) is 3.64. The van der Waals surface area contributed by atoms with E-state index in [1.807, 2.05) is 12.1 Å². The van der Waals surface area contributed by atoms with E-state index in [4.69, 9.17) is 9.15 Å². The number of ether oxygens (including phenoxy) is 1. The van der Waals surface area contributed by atoms with Crippen LogP contribution in [0.2, 0.25) is 0 Å². The summed E-state index contributed by atoms with van der Waals surface area (Å²) in [6, 6.07) is 10.7. The van der Waals surface area contributed by atoms with Gasteiger partial charge in [0.25, 0.3) is 0 Å². The molecule has 0 radical (unpaired) electrons. The van der Waals surface area contributed by atoms with Gasteiger partial charge in [-0.25, -0.2) is 0 Å². The van der Waals surface area contributed by atoms with E-state index in [0.717, 1.165) is 43.9 Å². The Morgan fingerprint density at radius 2 is 2.20 bits per heavy atom. The maximum absolute atomic E-state index is 5.90. The third-order valence-corrected chi connectivity index (χ3v) is 3.84. The molecule has 106 valence electrons. The van der Waals surface area contributed by atoms with Crippen molar-refractivity contribution in [1.29, 1.82) is 0 Å². The van der Waals surface area contributed by atoms with Crippen molar-refractivity contribution < 1.29 is 9.15 Å². The Bertz CT molecular complexity index is 548. The van der Waals surface area contributed by atoms with Crippen molar-refractivity contribution in [3.05, 3.63) is 53.5 Å². The van der Waals surface area contributed by atoms with Crippen molar-refractivity contribution >= 4 is 0 Å². The molecule has 0 saturated heterocycles. The van der Waals surface area contributed by atoms with Gasteiger partial charge >= 0.3 is 0 Å². The van der Waals surface area contributed by atoms with Crippen molar-refractivity contribution in [2.75, 3.05) is 13.2 Å². The van der Waals surface area contributed by atoms with Crippen molar-refractivity contribution in [2.24, 2.45) is 0 Å². The van der Waals surface area contributed by atoms with Crippen molar-refractivity contribution in [3.8, 4) is 5.75 Å². The predicted octanol–water partition coefficient (Wildman–Crippen LogP) is 3.63. The lowest BCUT2D eigenvalue weighted by molar-refractivity contribution is 0.313. The molecule has 1 unspecified atom stereocenters. The number of benzene rings is 1. The minimum Gasteiger partial charge on any atom is -0.493 e. The highest BCUT2D eigenvalue weighted by Crippen LogP contribution is 2.33. The quantitative estimate of drug-likeness (QED) is 0.922. The van der Waals surface area contributed by atoms with Gasteiger partial charge in [0.2, 0.25) is 0 Å². The minimum atomic E-state index is 0.377. The maximum atomic E-state index is 5.90. The van der Waals surface area contributed by atoms with Crippen LogP contribution in [-0.4, -0.2) is 13.2 Å². The second-order valence-electron chi connectivity index (χ2n) is 5.32.